The first-order valence-corrected chi connectivity index (χ1v) is 5.99. The van der Waals surface area contributed by atoms with Gasteiger partial charge in [-0.05, 0) is 60.7 Å². The van der Waals surface area contributed by atoms with E-state index in [1.165, 1.54) is 17.7 Å². The molecule has 1 unspecified atom stereocenters. The molecule has 2 aromatic rings. The summed E-state index contributed by atoms with van der Waals surface area (Å²) in [6, 6.07) is 10.4. The molecule has 1 N–H and O–H groups in total. The van der Waals surface area contributed by atoms with E-state index in [1.807, 2.05) is 45.0 Å². The van der Waals surface area contributed by atoms with Crippen LogP contribution in [-0.4, -0.2) is 5.11 Å². The van der Waals surface area contributed by atoms with Crippen molar-refractivity contribution >= 4 is 0 Å². The van der Waals surface area contributed by atoms with E-state index < -0.39 is 6.10 Å². The van der Waals surface area contributed by atoms with Gasteiger partial charge in [-0.3, -0.25) is 0 Å². The van der Waals surface area contributed by atoms with Gasteiger partial charge in [-0.1, -0.05) is 24.3 Å². The highest BCUT2D eigenvalue weighted by molar-refractivity contribution is 5.37. The fourth-order valence-corrected chi connectivity index (χ4v) is 2.05. The highest BCUT2D eigenvalue weighted by Crippen LogP contribution is 2.25. The highest BCUT2D eigenvalue weighted by atomic mass is 19.1. The maximum atomic E-state index is 13.3. The molecule has 18 heavy (non-hydrogen) atoms. The third-order valence-corrected chi connectivity index (χ3v) is 3.23. The second-order valence-corrected chi connectivity index (χ2v) is 4.81. The predicted octanol–water partition coefficient (Wildman–Crippen LogP) is 3.83. The molecular formula is C16H17FO. The van der Waals surface area contributed by atoms with E-state index in [4.69, 9.17) is 0 Å². The molecule has 0 aliphatic heterocycles. The van der Waals surface area contributed by atoms with Gasteiger partial charge in [0.25, 0.3) is 0 Å². The first kappa shape index (κ1) is 12.8. The van der Waals surface area contributed by atoms with Crippen LogP contribution in [0, 0.1) is 26.6 Å². The Morgan fingerprint density at radius 2 is 1.61 bits per heavy atom. The number of aliphatic hydroxyl groups excluding tert-OH is 1. The molecule has 0 saturated heterocycles. The van der Waals surface area contributed by atoms with Crippen molar-refractivity contribution in [2.45, 2.75) is 26.9 Å². The lowest BCUT2D eigenvalue weighted by Gasteiger charge is -2.14. The van der Waals surface area contributed by atoms with E-state index in [9.17, 15) is 9.50 Å². The molecule has 2 heteroatoms. The molecule has 0 heterocycles. The van der Waals surface area contributed by atoms with Crippen molar-refractivity contribution in [3.05, 3.63) is 70.0 Å². The van der Waals surface area contributed by atoms with Crippen molar-refractivity contribution in [2.24, 2.45) is 0 Å². The van der Waals surface area contributed by atoms with Gasteiger partial charge >= 0.3 is 0 Å². The SMILES string of the molecule is Cc1cc(F)cc(C(O)c2ccc(C)c(C)c2)c1. The van der Waals surface area contributed by atoms with Gasteiger partial charge in [0.05, 0.1) is 0 Å². The summed E-state index contributed by atoms with van der Waals surface area (Å²) in [4.78, 5) is 0. The summed E-state index contributed by atoms with van der Waals surface area (Å²) in [6.45, 7) is 5.85. The lowest BCUT2D eigenvalue weighted by molar-refractivity contribution is 0.219. The first-order chi connectivity index (χ1) is 8.47. The van der Waals surface area contributed by atoms with Crippen LogP contribution in [0.1, 0.15) is 33.9 Å². The van der Waals surface area contributed by atoms with Crippen LogP contribution >= 0.6 is 0 Å². The van der Waals surface area contributed by atoms with Gasteiger partial charge in [-0.15, -0.1) is 0 Å². The molecule has 0 amide bonds. The zero-order valence-corrected chi connectivity index (χ0v) is 10.9. The van der Waals surface area contributed by atoms with Gasteiger partial charge in [0.2, 0.25) is 0 Å². The summed E-state index contributed by atoms with van der Waals surface area (Å²) in [5.74, 6) is -0.312. The summed E-state index contributed by atoms with van der Waals surface area (Å²) < 4.78 is 13.3. The van der Waals surface area contributed by atoms with Crippen LogP contribution in [0.4, 0.5) is 4.39 Å². The summed E-state index contributed by atoms with van der Waals surface area (Å²) >= 11 is 0. The first-order valence-electron chi connectivity index (χ1n) is 5.99. The van der Waals surface area contributed by atoms with Crippen molar-refractivity contribution in [3.63, 3.8) is 0 Å². The number of aryl methyl sites for hydroxylation is 3. The van der Waals surface area contributed by atoms with Gasteiger partial charge in [0.1, 0.15) is 11.9 Å². The minimum absolute atomic E-state index is 0.312. The largest absolute Gasteiger partial charge is 0.384 e. The van der Waals surface area contributed by atoms with Crippen LogP contribution in [0.25, 0.3) is 0 Å². The molecule has 94 valence electrons. The van der Waals surface area contributed by atoms with E-state index in [0.717, 1.165) is 16.7 Å². The van der Waals surface area contributed by atoms with E-state index in [-0.39, 0.29) is 5.82 Å². The van der Waals surface area contributed by atoms with E-state index in [1.54, 1.807) is 0 Å². The predicted molar refractivity (Wildman–Crippen MR) is 71.1 cm³/mol. The van der Waals surface area contributed by atoms with Gasteiger partial charge < -0.3 is 5.11 Å². The molecule has 2 aromatic carbocycles. The van der Waals surface area contributed by atoms with Crippen LogP contribution in [-0.2, 0) is 0 Å². The molecule has 0 radical (unpaired) electrons. The zero-order chi connectivity index (χ0) is 13.3. The van der Waals surface area contributed by atoms with Crippen LogP contribution < -0.4 is 0 Å². The fraction of sp³-hybridized carbons (Fsp3) is 0.250. The average molecular weight is 244 g/mol. The smallest absolute Gasteiger partial charge is 0.123 e. The van der Waals surface area contributed by atoms with Crippen molar-refractivity contribution in [1.29, 1.82) is 0 Å². The van der Waals surface area contributed by atoms with Crippen molar-refractivity contribution in [2.75, 3.05) is 0 Å². The summed E-state index contributed by atoms with van der Waals surface area (Å²) in [7, 11) is 0. The maximum absolute atomic E-state index is 13.3. The summed E-state index contributed by atoms with van der Waals surface area (Å²) in [6.07, 6.45) is -0.779. The van der Waals surface area contributed by atoms with Crippen LogP contribution in [0.2, 0.25) is 0 Å². The van der Waals surface area contributed by atoms with E-state index >= 15 is 0 Å². The number of aliphatic hydroxyl groups is 1. The topological polar surface area (TPSA) is 20.2 Å². The van der Waals surface area contributed by atoms with Gasteiger partial charge in [0, 0.05) is 0 Å². The molecule has 2 rings (SSSR count). The molecule has 0 aliphatic carbocycles. The number of hydrogen-bond donors (Lipinski definition) is 1. The molecule has 0 aromatic heterocycles. The standard InChI is InChI=1S/C16H17FO/c1-10-6-14(9-15(17)7-10)16(18)13-5-4-11(2)12(3)8-13/h4-9,16,18H,1-3H3. The number of rotatable bonds is 2. The molecule has 0 fully saturated rings. The fourth-order valence-electron chi connectivity index (χ4n) is 2.05. The monoisotopic (exact) mass is 244 g/mol. The molecule has 1 nitrogen and oxygen atoms in total. The van der Waals surface area contributed by atoms with Gasteiger partial charge in [-0.25, -0.2) is 4.39 Å². The number of hydrogen-bond acceptors (Lipinski definition) is 1. The van der Waals surface area contributed by atoms with Gasteiger partial charge in [0.15, 0.2) is 0 Å². The third-order valence-electron chi connectivity index (χ3n) is 3.23. The summed E-state index contributed by atoms with van der Waals surface area (Å²) in [5, 5.41) is 10.3. The second kappa shape index (κ2) is 4.91. The van der Waals surface area contributed by atoms with Crippen LogP contribution in [0.5, 0.6) is 0 Å². The number of halogens is 1. The lowest BCUT2D eigenvalue weighted by atomic mass is 9.97. The molecular weight excluding hydrogens is 227 g/mol. The van der Waals surface area contributed by atoms with Crippen LogP contribution in [0.3, 0.4) is 0 Å². The highest BCUT2D eigenvalue weighted by Gasteiger charge is 2.12. The Hall–Kier alpha value is -1.67. The Morgan fingerprint density at radius 3 is 2.22 bits per heavy atom. The zero-order valence-electron chi connectivity index (χ0n) is 10.9. The third kappa shape index (κ3) is 2.59. The second-order valence-electron chi connectivity index (χ2n) is 4.81. The lowest BCUT2D eigenvalue weighted by Crippen LogP contribution is -2.01. The van der Waals surface area contributed by atoms with Crippen molar-refractivity contribution in [3.8, 4) is 0 Å². The normalized spacial score (nSPS) is 12.5. The molecule has 0 saturated carbocycles. The average Bonchev–Trinajstić information content (AvgIpc) is 2.30. The Balaban J connectivity index is 2.40. The molecule has 1 atom stereocenters. The Morgan fingerprint density at radius 1 is 0.889 bits per heavy atom. The van der Waals surface area contributed by atoms with Crippen LogP contribution in [0.15, 0.2) is 36.4 Å². The van der Waals surface area contributed by atoms with E-state index in [0.29, 0.717) is 5.56 Å². The quantitative estimate of drug-likeness (QED) is 0.851. The number of benzene rings is 2. The summed E-state index contributed by atoms with van der Waals surface area (Å²) in [5.41, 5.74) is 4.51. The minimum atomic E-state index is -0.779. The Bertz CT molecular complexity index is 555. The van der Waals surface area contributed by atoms with E-state index in [2.05, 4.69) is 0 Å². The van der Waals surface area contributed by atoms with Crippen molar-refractivity contribution < 1.29 is 9.50 Å². The maximum Gasteiger partial charge on any atom is 0.123 e. The van der Waals surface area contributed by atoms with Gasteiger partial charge in [-0.2, -0.15) is 0 Å². The Kier molecular flexibility index (Phi) is 3.48. The Labute approximate surface area is 107 Å². The minimum Gasteiger partial charge on any atom is -0.384 e. The van der Waals surface area contributed by atoms with Crippen molar-refractivity contribution in [1.82, 2.24) is 0 Å². The molecule has 0 aliphatic rings. The molecule has 0 spiro atoms. The molecule has 0 bridgehead atoms.